The fourth-order valence-electron chi connectivity index (χ4n) is 2.71. The van der Waals surface area contributed by atoms with Crippen molar-refractivity contribution in [3.05, 3.63) is 35.9 Å². The number of nitrogens with zero attached hydrogens (tertiary/aromatic N) is 2. The molecule has 128 valence electrons. The van der Waals surface area contributed by atoms with Crippen LogP contribution >= 0.6 is 12.4 Å². The number of rotatable bonds is 6. The van der Waals surface area contributed by atoms with Crippen molar-refractivity contribution in [1.82, 2.24) is 15.1 Å². The minimum absolute atomic E-state index is 0. The highest BCUT2D eigenvalue weighted by molar-refractivity contribution is 5.85. The van der Waals surface area contributed by atoms with Crippen LogP contribution < -0.4 is 5.32 Å². The van der Waals surface area contributed by atoms with Crippen LogP contribution in [0.15, 0.2) is 30.3 Å². The molecular formula is C17H26ClN3O2. The zero-order chi connectivity index (χ0) is 15.8. The summed E-state index contributed by atoms with van der Waals surface area (Å²) < 4.78 is 0. The lowest BCUT2D eigenvalue weighted by molar-refractivity contribution is -0.139. The van der Waals surface area contributed by atoms with Gasteiger partial charge in [-0.2, -0.15) is 0 Å². The topological polar surface area (TPSA) is 52.7 Å². The highest BCUT2D eigenvalue weighted by Gasteiger charge is 2.23. The van der Waals surface area contributed by atoms with Gasteiger partial charge in [0.15, 0.2) is 0 Å². The van der Waals surface area contributed by atoms with Gasteiger partial charge < -0.3 is 15.1 Å². The van der Waals surface area contributed by atoms with E-state index in [2.05, 4.69) is 17.4 Å². The number of hydrogen-bond donors (Lipinski definition) is 1. The molecule has 2 amide bonds. The Morgan fingerprint density at radius 3 is 2.13 bits per heavy atom. The molecule has 1 aliphatic rings. The van der Waals surface area contributed by atoms with Gasteiger partial charge in [0, 0.05) is 32.6 Å². The Morgan fingerprint density at radius 1 is 1.00 bits per heavy atom. The summed E-state index contributed by atoms with van der Waals surface area (Å²) in [4.78, 5) is 27.7. The fraction of sp³-hybridized carbons (Fsp3) is 0.529. The van der Waals surface area contributed by atoms with Crippen molar-refractivity contribution in [2.45, 2.75) is 19.3 Å². The monoisotopic (exact) mass is 339 g/mol. The number of carbonyl (C=O) groups excluding carboxylic acids is 2. The Hall–Kier alpha value is -1.59. The third-order valence-electron chi connectivity index (χ3n) is 4.01. The predicted molar refractivity (Wildman–Crippen MR) is 93.7 cm³/mol. The minimum atomic E-state index is 0. The molecule has 1 fully saturated rings. The summed E-state index contributed by atoms with van der Waals surface area (Å²) in [6.45, 7) is 2.96. The van der Waals surface area contributed by atoms with Crippen molar-refractivity contribution in [3.8, 4) is 0 Å². The molecule has 5 nitrogen and oxygen atoms in total. The van der Waals surface area contributed by atoms with E-state index < -0.39 is 0 Å². The molecule has 0 radical (unpaired) electrons. The van der Waals surface area contributed by atoms with Crippen LogP contribution in [0.25, 0.3) is 0 Å². The molecule has 0 spiro atoms. The van der Waals surface area contributed by atoms with E-state index in [1.807, 2.05) is 28.0 Å². The maximum absolute atomic E-state index is 12.2. The van der Waals surface area contributed by atoms with Gasteiger partial charge in [-0.25, -0.2) is 0 Å². The summed E-state index contributed by atoms with van der Waals surface area (Å²) in [5, 5.41) is 2.87. The van der Waals surface area contributed by atoms with E-state index in [0.29, 0.717) is 39.1 Å². The highest BCUT2D eigenvalue weighted by Crippen LogP contribution is 2.09. The second-order valence-electron chi connectivity index (χ2n) is 5.63. The molecule has 0 atom stereocenters. The van der Waals surface area contributed by atoms with Crippen LogP contribution in [0.5, 0.6) is 0 Å². The summed E-state index contributed by atoms with van der Waals surface area (Å²) in [5.74, 6) is 0.315. The number of halogens is 1. The van der Waals surface area contributed by atoms with Crippen molar-refractivity contribution in [3.63, 3.8) is 0 Å². The van der Waals surface area contributed by atoms with E-state index in [4.69, 9.17) is 0 Å². The van der Waals surface area contributed by atoms with Crippen molar-refractivity contribution in [2.75, 3.05) is 39.8 Å². The maximum Gasteiger partial charge on any atom is 0.236 e. The molecule has 0 aliphatic carbocycles. The van der Waals surface area contributed by atoms with E-state index in [1.54, 1.807) is 7.05 Å². The first-order valence-corrected chi connectivity index (χ1v) is 7.95. The largest absolute Gasteiger partial charge is 0.339 e. The Labute approximate surface area is 144 Å². The number of amides is 2. The molecule has 1 aliphatic heterocycles. The number of aryl methyl sites for hydroxylation is 1. The molecule has 0 saturated carbocycles. The van der Waals surface area contributed by atoms with E-state index in [9.17, 15) is 9.59 Å². The van der Waals surface area contributed by atoms with Gasteiger partial charge >= 0.3 is 0 Å². The Kier molecular flexibility index (Phi) is 8.66. The van der Waals surface area contributed by atoms with Gasteiger partial charge in [-0.3, -0.25) is 9.59 Å². The number of benzene rings is 1. The summed E-state index contributed by atoms with van der Waals surface area (Å²) in [6, 6.07) is 10.2. The predicted octanol–water partition coefficient (Wildman–Crippen LogP) is 1.32. The molecule has 0 aromatic heterocycles. The van der Waals surface area contributed by atoms with Gasteiger partial charge in [0.05, 0.1) is 6.54 Å². The number of carbonyl (C=O) groups is 2. The normalized spacial score (nSPS) is 14.3. The van der Waals surface area contributed by atoms with Gasteiger partial charge in [0.25, 0.3) is 0 Å². The zero-order valence-electron chi connectivity index (χ0n) is 13.7. The summed E-state index contributed by atoms with van der Waals surface area (Å²) in [5.41, 5.74) is 1.28. The average Bonchev–Trinajstić information content (AvgIpc) is 2.56. The molecule has 1 saturated heterocycles. The molecule has 0 bridgehead atoms. The van der Waals surface area contributed by atoms with Gasteiger partial charge in [-0.05, 0) is 25.5 Å². The Balaban J connectivity index is 0.00000264. The van der Waals surface area contributed by atoms with E-state index in [1.165, 1.54) is 5.56 Å². The Morgan fingerprint density at radius 2 is 1.57 bits per heavy atom. The molecule has 1 N–H and O–H groups in total. The Bertz CT molecular complexity index is 488. The first-order valence-electron chi connectivity index (χ1n) is 7.95. The summed E-state index contributed by atoms with van der Waals surface area (Å²) in [7, 11) is 1.77. The third-order valence-corrected chi connectivity index (χ3v) is 4.01. The lowest BCUT2D eigenvalue weighted by Gasteiger charge is -2.34. The maximum atomic E-state index is 12.2. The molecule has 0 unspecified atom stereocenters. The minimum Gasteiger partial charge on any atom is -0.339 e. The average molecular weight is 340 g/mol. The van der Waals surface area contributed by atoms with E-state index in [-0.39, 0.29) is 24.2 Å². The van der Waals surface area contributed by atoms with Crippen LogP contribution in [0.3, 0.4) is 0 Å². The highest BCUT2D eigenvalue weighted by atomic mass is 35.5. The van der Waals surface area contributed by atoms with Crippen LogP contribution in [0.2, 0.25) is 0 Å². The zero-order valence-corrected chi connectivity index (χ0v) is 14.5. The number of nitrogens with one attached hydrogen (secondary N) is 1. The smallest absolute Gasteiger partial charge is 0.236 e. The van der Waals surface area contributed by atoms with Crippen molar-refractivity contribution >= 4 is 24.2 Å². The molecule has 2 rings (SSSR count). The molecule has 1 aromatic rings. The molecule has 1 aromatic carbocycles. The molecule has 6 heteroatoms. The second-order valence-corrected chi connectivity index (χ2v) is 5.63. The van der Waals surface area contributed by atoms with Gasteiger partial charge in [-0.1, -0.05) is 30.3 Å². The standard InChI is InChI=1S/C17H25N3O2.ClH/c1-18-14-17(22)20-12-10-19(11-13-20)16(21)9-5-8-15-6-3-2-4-7-15;/h2-4,6-7,18H,5,8-14H2,1H3;1H. The lowest BCUT2D eigenvalue weighted by Crippen LogP contribution is -2.52. The van der Waals surface area contributed by atoms with Crippen molar-refractivity contribution < 1.29 is 9.59 Å². The van der Waals surface area contributed by atoms with Crippen LogP contribution in [0.4, 0.5) is 0 Å². The number of hydrogen-bond acceptors (Lipinski definition) is 3. The molecule has 23 heavy (non-hydrogen) atoms. The van der Waals surface area contributed by atoms with Crippen LogP contribution in [-0.4, -0.2) is 61.4 Å². The number of piperazine rings is 1. The van der Waals surface area contributed by atoms with Crippen molar-refractivity contribution in [1.29, 1.82) is 0 Å². The van der Waals surface area contributed by atoms with Crippen LogP contribution in [0, 0.1) is 0 Å². The lowest BCUT2D eigenvalue weighted by atomic mass is 10.1. The summed E-state index contributed by atoms with van der Waals surface area (Å²) in [6.07, 6.45) is 2.40. The summed E-state index contributed by atoms with van der Waals surface area (Å²) >= 11 is 0. The molecule has 1 heterocycles. The van der Waals surface area contributed by atoms with Crippen molar-refractivity contribution in [2.24, 2.45) is 0 Å². The van der Waals surface area contributed by atoms with Gasteiger partial charge in [0.1, 0.15) is 0 Å². The van der Waals surface area contributed by atoms with E-state index >= 15 is 0 Å². The quantitative estimate of drug-likeness (QED) is 0.850. The number of likely N-dealkylation sites (N-methyl/N-ethyl adjacent to an activating group) is 1. The first kappa shape index (κ1) is 19.5. The third kappa shape index (κ3) is 6.20. The van der Waals surface area contributed by atoms with Gasteiger partial charge in [-0.15, -0.1) is 12.4 Å². The first-order chi connectivity index (χ1) is 10.7. The van der Waals surface area contributed by atoms with Gasteiger partial charge in [0.2, 0.25) is 11.8 Å². The fourth-order valence-corrected chi connectivity index (χ4v) is 2.71. The molecular weight excluding hydrogens is 314 g/mol. The van der Waals surface area contributed by atoms with Crippen LogP contribution in [-0.2, 0) is 16.0 Å². The SMILES string of the molecule is CNCC(=O)N1CCN(C(=O)CCCc2ccccc2)CC1.Cl. The van der Waals surface area contributed by atoms with E-state index in [0.717, 1.165) is 12.8 Å². The van der Waals surface area contributed by atoms with Crippen LogP contribution in [0.1, 0.15) is 18.4 Å². The second kappa shape index (κ2) is 10.2.